The normalized spacial score (nSPS) is 33.9. The molecule has 0 saturated carbocycles. The summed E-state index contributed by atoms with van der Waals surface area (Å²) in [6.07, 6.45) is 1.20. The van der Waals surface area contributed by atoms with E-state index in [0.29, 0.717) is 24.3 Å². The standard InChI is InChI=1S/C25H27N3O2/c29-22-10-9-19-20(22)7-4-8-21(19)24(30)26-23-17-13-27-11-12-28(14-17)16-25(23,15-27)18-5-2-1-3-6-18/h1-8,17,23H,9-16H2,(H,26,30)/t17?,23-,25?/m0/s1. The van der Waals surface area contributed by atoms with Gasteiger partial charge in [-0.15, -0.1) is 0 Å². The lowest BCUT2D eigenvalue weighted by Crippen LogP contribution is -2.70. The summed E-state index contributed by atoms with van der Waals surface area (Å²) in [5, 5.41) is 3.49. The lowest BCUT2D eigenvalue weighted by molar-refractivity contribution is 0.0180. The average molecular weight is 402 g/mol. The topological polar surface area (TPSA) is 52.7 Å². The first-order valence-electron chi connectivity index (χ1n) is 11.1. The molecule has 4 bridgehead atoms. The Morgan fingerprint density at radius 2 is 1.67 bits per heavy atom. The van der Waals surface area contributed by atoms with Crippen LogP contribution in [-0.2, 0) is 11.8 Å². The number of hydrogen-bond donors (Lipinski definition) is 1. The Labute approximate surface area is 177 Å². The summed E-state index contributed by atoms with van der Waals surface area (Å²) in [4.78, 5) is 30.9. The number of benzene rings is 2. The molecule has 0 radical (unpaired) electrons. The molecule has 2 aromatic carbocycles. The average Bonchev–Trinajstić information content (AvgIpc) is 2.97. The number of hydrogen-bond acceptors (Lipinski definition) is 4. The van der Waals surface area contributed by atoms with Crippen LogP contribution in [-0.4, -0.2) is 66.8 Å². The first-order valence-corrected chi connectivity index (χ1v) is 11.1. The Balaban J connectivity index is 1.39. The van der Waals surface area contributed by atoms with Crippen molar-refractivity contribution in [3.05, 3.63) is 70.8 Å². The Hall–Kier alpha value is -2.50. The van der Waals surface area contributed by atoms with Crippen LogP contribution in [0.15, 0.2) is 48.5 Å². The molecule has 154 valence electrons. The lowest BCUT2D eigenvalue weighted by Gasteiger charge is -2.55. The highest BCUT2D eigenvalue weighted by Gasteiger charge is 2.55. The number of piperidine rings is 2. The van der Waals surface area contributed by atoms with E-state index in [2.05, 4.69) is 45.4 Å². The maximum absolute atomic E-state index is 13.5. The molecule has 4 heterocycles. The molecule has 1 aliphatic carbocycles. The fourth-order valence-corrected chi connectivity index (χ4v) is 6.49. The zero-order chi connectivity index (χ0) is 20.3. The van der Waals surface area contributed by atoms with Gasteiger partial charge >= 0.3 is 0 Å². The predicted molar refractivity (Wildman–Crippen MR) is 115 cm³/mol. The number of carbonyl (C=O) groups excluding carboxylic acids is 2. The third-order valence-electron chi connectivity index (χ3n) is 7.75. The van der Waals surface area contributed by atoms with Gasteiger partial charge in [-0.3, -0.25) is 9.59 Å². The van der Waals surface area contributed by atoms with Crippen LogP contribution in [0.1, 0.15) is 38.3 Å². The number of ketones is 1. The number of Topliss-reactive ketones (excluding diaryl/α,β-unsaturated/α-hetero) is 1. The number of nitrogens with zero attached hydrogens (tertiary/aromatic N) is 2. The van der Waals surface area contributed by atoms with Crippen molar-refractivity contribution in [3.8, 4) is 0 Å². The second kappa shape index (κ2) is 6.76. The Kier molecular flexibility index (Phi) is 4.12. The number of fused-ring (bicyclic) bond motifs is 2. The van der Waals surface area contributed by atoms with Gasteiger partial charge in [-0.25, -0.2) is 0 Å². The SMILES string of the molecule is O=C1CCc2c1cccc2C(=O)N[C@H]1C2CN3CCN(C2)CC1(c1ccccc1)C3. The van der Waals surface area contributed by atoms with Crippen LogP contribution in [0, 0.1) is 5.92 Å². The number of carbonyl (C=O) groups is 2. The molecule has 2 aromatic rings. The highest BCUT2D eigenvalue weighted by molar-refractivity contribution is 6.05. The van der Waals surface area contributed by atoms with Crippen molar-refractivity contribution >= 4 is 11.7 Å². The van der Waals surface area contributed by atoms with Crippen molar-refractivity contribution in [3.63, 3.8) is 0 Å². The second-order valence-corrected chi connectivity index (χ2v) is 9.46. The molecular formula is C25H27N3O2. The van der Waals surface area contributed by atoms with Crippen molar-refractivity contribution in [1.82, 2.24) is 15.1 Å². The van der Waals surface area contributed by atoms with E-state index < -0.39 is 0 Å². The van der Waals surface area contributed by atoms with Gasteiger partial charge in [0, 0.05) is 74.2 Å². The summed E-state index contributed by atoms with van der Waals surface area (Å²) in [5.41, 5.74) is 3.59. The fraction of sp³-hybridized carbons (Fsp3) is 0.440. The molecule has 5 aliphatic rings. The molecule has 5 heteroatoms. The van der Waals surface area contributed by atoms with Gasteiger partial charge < -0.3 is 15.1 Å². The summed E-state index contributed by atoms with van der Waals surface area (Å²) in [6, 6.07) is 16.5. The third-order valence-corrected chi connectivity index (χ3v) is 7.75. The molecule has 5 nitrogen and oxygen atoms in total. The van der Waals surface area contributed by atoms with Gasteiger partial charge in [0.1, 0.15) is 0 Å². The molecule has 0 aromatic heterocycles. The highest BCUT2D eigenvalue weighted by Crippen LogP contribution is 2.43. The van der Waals surface area contributed by atoms with Crippen LogP contribution in [0.4, 0.5) is 0 Å². The van der Waals surface area contributed by atoms with E-state index in [9.17, 15) is 9.59 Å². The molecule has 30 heavy (non-hydrogen) atoms. The maximum Gasteiger partial charge on any atom is 0.251 e. The molecule has 4 fully saturated rings. The highest BCUT2D eigenvalue weighted by atomic mass is 16.2. The smallest absolute Gasteiger partial charge is 0.251 e. The Morgan fingerprint density at radius 3 is 2.40 bits per heavy atom. The van der Waals surface area contributed by atoms with E-state index >= 15 is 0 Å². The largest absolute Gasteiger partial charge is 0.348 e. The van der Waals surface area contributed by atoms with E-state index in [-0.39, 0.29) is 23.1 Å². The summed E-state index contributed by atoms with van der Waals surface area (Å²) in [7, 11) is 0. The van der Waals surface area contributed by atoms with Crippen LogP contribution in [0.25, 0.3) is 0 Å². The van der Waals surface area contributed by atoms with Gasteiger partial charge in [0.25, 0.3) is 5.91 Å². The van der Waals surface area contributed by atoms with Crippen LogP contribution in [0.2, 0.25) is 0 Å². The first-order chi connectivity index (χ1) is 14.6. The zero-order valence-electron chi connectivity index (χ0n) is 17.1. The van der Waals surface area contributed by atoms with E-state index in [4.69, 9.17) is 0 Å². The first kappa shape index (κ1) is 18.3. The zero-order valence-corrected chi connectivity index (χ0v) is 17.1. The molecular weight excluding hydrogens is 374 g/mol. The van der Waals surface area contributed by atoms with Crippen molar-refractivity contribution < 1.29 is 9.59 Å². The number of nitrogens with one attached hydrogen (secondary N) is 1. The van der Waals surface area contributed by atoms with Crippen molar-refractivity contribution in [2.24, 2.45) is 5.92 Å². The molecule has 2 unspecified atom stereocenters. The molecule has 4 aliphatic heterocycles. The van der Waals surface area contributed by atoms with E-state index in [1.807, 2.05) is 18.2 Å². The minimum atomic E-state index is -0.0949. The van der Waals surface area contributed by atoms with Crippen molar-refractivity contribution in [2.75, 3.05) is 39.3 Å². The second-order valence-electron chi connectivity index (χ2n) is 9.46. The van der Waals surface area contributed by atoms with Crippen LogP contribution >= 0.6 is 0 Å². The maximum atomic E-state index is 13.5. The van der Waals surface area contributed by atoms with E-state index in [1.165, 1.54) is 5.56 Å². The van der Waals surface area contributed by atoms with Gasteiger partial charge in [-0.1, -0.05) is 42.5 Å². The van der Waals surface area contributed by atoms with E-state index in [0.717, 1.165) is 50.4 Å². The van der Waals surface area contributed by atoms with Gasteiger partial charge in [0.05, 0.1) is 0 Å². The summed E-state index contributed by atoms with van der Waals surface area (Å²) >= 11 is 0. The van der Waals surface area contributed by atoms with Crippen molar-refractivity contribution in [1.29, 1.82) is 0 Å². The minimum Gasteiger partial charge on any atom is -0.348 e. The Morgan fingerprint density at radius 1 is 0.933 bits per heavy atom. The van der Waals surface area contributed by atoms with Gasteiger partial charge in [-0.2, -0.15) is 0 Å². The summed E-state index contributed by atoms with van der Waals surface area (Å²) < 4.78 is 0. The van der Waals surface area contributed by atoms with Gasteiger partial charge in [-0.05, 0) is 23.6 Å². The molecule has 1 amide bonds. The fourth-order valence-electron chi connectivity index (χ4n) is 6.49. The van der Waals surface area contributed by atoms with E-state index in [1.54, 1.807) is 0 Å². The van der Waals surface area contributed by atoms with Gasteiger partial charge in [0.2, 0.25) is 0 Å². The van der Waals surface area contributed by atoms with Crippen LogP contribution in [0.5, 0.6) is 0 Å². The van der Waals surface area contributed by atoms with Gasteiger partial charge in [0.15, 0.2) is 5.78 Å². The predicted octanol–water partition coefficient (Wildman–Crippen LogP) is 2.11. The minimum absolute atomic E-state index is 0.0157. The summed E-state index contributed by atoms with van der Waals surface area (Å²) in [5.74, 6) is 0.558. The van der Waals surface area contributed by atoms with Crippen molar-refractivity contribution in [2.45, 2.75) is 24.3 Å². The molecule has 0 spiro atoms. The lowest BCUT2D eigenvalue weighted by atomic mass is 9.64. The monoisotopic (exact) mass is 401 g/mol. The quantitative estimate of drug-likeness (QED) is 0.856. The molecule has 7 rings (SSSR count). The Bertz CT molecular complexity index is 1000. The van der Waals surface area contributed by atoms with Crippen LogP contribution < -0.4 is 5.32 Å². The number of rotatable bonds is 3. The molecule has 1 N–H and O–H groups in total. The third kappa shape index (κ3) is 2.69. The molecule has 3 atom stereocenters. The number of amides is 1. The molecule has 4 saturated heterocycles. The van der Waals surface area contributed by atoms with Crippen LogP contribution in [0.3, 0.4) is 0 Å². The summed E-state index contributed by atoms with van der Waals surface area (Å²) in [6.45, 7) is 6.28.